The SMILES string of the molecule is O=C(NCc1ccc(S(=O)(=O)Cl)s1)c1cc(F)ccc1Br. The third-order valence-corrected chi connectivity index (χ3v) is 6.34. The van der Waals surface area contributed by atoms with E-state index in [2.05, 4.69) is 21.2 Å². The van der Waals surface area contributed by atoms with Crippen LogP contribution >= 0.6 is 37.9 Å². The van der Waals surface area contributed by atoms with Crippen molar-refractivity contribution < 1.29 is 17.6 Å². The van der Waals surface area contributed by atoms with E-state index >= 15 is 0 Å². The lowest BCUT2D eigenvalue weighted by Crippen LogP contribution is -2.22. The van der Waals surface area contributed by atoms with Crippen molar-refractivity contribution in [3.63, 3.8) is 0 Å². The van der Waals surface area contributed by atoms with Gasteiger partial charge >= 0.3 is 0 Å². The molecule has 0 saturated carbocycles. The monoisotopic (exact) mass is 411 g/mol. The summed E-state index contributed by atoms with van der Waals surface area (Å²) >= 11 is 4.13. The highest BCUT2D eigenvalue weighted by molar-refractivity contribution is 9.10. The second kappa shape index (κ2) is 6.43. The molecule has 21 heavy (non-hydrogen) atoms. The van der Waals surface area contributed by atoms with Gasteiger partial charge in [-0.1, -0.05) is 0 Å². The van der Waals surface area contributed by atoms with E-state index in [1.54, 1.807) is 6.07 Å². The Bertz CT molecular complexity index is 792. The summed E-state index contributed by atoms with van der Waals surface area (Å²) in [5.41, 5.74) is 0.164. The molecule has 2 aromatic rings. The maximum Gasteiger partial charge on any atom is 0.270 e. The summed E-state index contributed by atoms with van der Waals surface area (Å²) in [4.78, 5) is 12.6. The van der Waals surface area contributed by atoms with Crippen molar-refractivity contribution in [1.29, 1.82) is 0 Å². The minimum atomic E-state index is -3.76. The zero-order chi connectivity index (χ0) is 15.6. The normalized spacial score (nSPS) is 11.4. The molecule has 4 nitrogen and oxygen atoms in total. The number of hydrogen-bond donors (Lipinski definition) is 1. The van der Waals surface area contributed by atoms with E-state index in [9.17, 15) is 17.6 Å². The molecule has 0 radical (unpaired) electrons. The molecular formula is C12H8BrClFNO3S2. The highest BCUT2D eigenvalue weighted by Crippen LogP contribution is 2.25. The quantitative estimate of drug-likeness (QED) is 0.782. The number of carbonyl (C=O) groups is 1. The third-order valence-electron chi connectivity index (χ3n) is 2.47. The molecule has 0 fully saturated rings. The summed E-state index contributed by atoms with van der Waals surface area (Å²) < 4.78 is 35.9. The lowest BCUT2D eigenvalue weighted by Gasteiger charge is -2.05. The average Bonchev–Trinajstić information content (AvgIpc) is 2.87. The molecule has 9 heteroatoms. The molecule has 0 unspecified atom stereocenters. The number of halogens is 3. The topological polar surface area (TPSA) is 63.2 Å². The Morgan fingerprint density at radius 3 is 2.67 bits per heavy atom. The molecule has 1 amide bonds. The standard InChI is InChI=1S/C12H8BrClFNO3S2/c13-10-3-1-7(15)5-9(10)12(17)16-6-8-2-4-11(20-8)21(14,18)19/h1-5H,6H2,(H,16,17). The largest absolute Gasteiger partial charge is 0.347 e. The zero-order valence-corrected chi connectivity index (χ0v) is 14.2. The van der Waals surface area contributed by atoms with Gasteiger partial charge in [-0.15, -0.1) is 11.3 Å². The first-order chi connectivity index (χ1) is 9.77. The fraction of sp³-hybridized carbons (Fsp3) is 0.0833. The van der Waals surface area contributed by atoms with Gasteiger partial charge in [0.1, 0.15) is 10.0 Å². The highest BCUT2D eigenvalue weighted by atomic mass is 79.9. The van der Waals surface area contributed by atoms with Crippen LogP contribution in [0, 0.1) is 5.82 Å². The molecule has 0 aliphatic heterocycles. The molecule has 1 N–H and O–H groups in total. The fourth-order valence-corrected chi connectivity index (χ4v) is 4.01. The van der Waals surface area contributed by atoms with E-state index in [0.717, 1.165) is 17.4 Å². The van der Waals surface area contributed by atoms with Crippen LogP contribution in [0.2, 0.25) is 0 Å². The zero-order valence-electron chi connectivity index (χ0n) is 10.3. The Morgan fingerprint density at radius 1 is 1.33 bits per heavy atom. The van der Waals surface area contributed by atoms with Crippen LogP contribution < -0.4 is 5.32 Å². The van der Waals surface area contributed by atoms with Gasteiger partial charge in [0.25, 0.3) is 15.0 Å². The molecule has 112 valence electrons. The lowest BCUT2D eigenvalue weighted by molar-refractivity contribution is 0.0950. The van der Waals surface area contributed by atoms with Crippen LogP contribution in [0.4, 0.5) is 4.39 Å². The van der Waals surface area contributed by atoms with E-state index in [-0.39, 0.29) is 16.3 Å². The molecule has 1 aromatic carbocycles. The lowest BCUT2D eigenvalue weighted by atomic mass is 10.2. The molecule has 1 aromatic heterocycles. The van der Waals surface area contributed by atoms with Gasteiger partial charge in [0.15, 0.2) is 0 Å². The summed E-state index contributed by atoms with van der Waals surface area (Å²) in [6.45, 7) is 0.124. The van der Waals surface area contributed by atoms with Gasteiger partial charge in [-0.25, -0.2) is 12.8 Å². The summed E-state index contributed by atoms with van der Waals surface area (Å²) in [6, 6.07) is 6.71. The summed E-state index contributed by atoms with van der Waals surface area (Å²) in [6.07, 6.45) is 0. The van der Waals surface area contributed by atoms with Gasteiger partial charge in [0.2, 0.25) is 0 Å². The number of thiophene rings is 1. The first kappa shape index (κ1) is 16.4. The van der Waals surface area contributed by atoms with Crippen molar-refractivity contribution in [2.45, 2.75) is 10.8 Å². The maximum absolute atomic E-state index is 13.1. The molecular weight excluding hydrogens is 405 g/mol. The summed E-state index contributed by atoms with van der Waals surface area (Å²) in [5, 5.41) is 2.58. The van der Waals surface area contributed by atoms with E-state index in [4.69, 9.17) is 10.7 Å². The van der Waals surface area contributed by atoms with E-state index in [0.29, 0.717) is 9.35 Å². The Morgan fingerprint density at radius 2 is 2.05 bits per heavy atom. The minimum absolute atomic E-state index is 0.0142. The smallest absolute Gasteiger partial charge is 0.270 e. The van der Waals surface area contributed by atoms with Crippen molar-refractivity contribution in [2.75, 3.05) is 0 Å². The molecule has 0 saturated heterocycles. The van der Waals surface area contributed by atoms with Crippen molar-refractivity contribution >= 4 is 52.9 Å². The fourth-order valence-electron chi connectivity index (χ4n) is 1.52. The Labute approximate surface area is 137 Å². The van der Waals surface area contributed by atoms with Gasteiger partial charge in [-0.05, 0) is 46.3 Å². The number of benzene rings is 1. The number of nitrogens with one attached hydrogen (secondary N) is 1. The van der Waals surface area contributed by atoms with Crippen molar-refractivity contribution in [3.05, 3.63) is 51.1 Å². The van der Waals surface area contributed by atoms with E-state index < -0.39 is 20.8 Å². The van der Waals surface area contributed by atoms with Crippen LogP contribution in [0.25, 0.3) is 0 Å². The Hall–Kier alpha value is -0.960. The van der Waals surface area contributed by atoms with Crippen LogP contribution in [-0.2, 0) is 15.6 Å². The maximum atomic E-state index is 13.1. The Kier molecular flexibility index (Phi) is 5.03. The summed E-state index contributed by atoms with van der Waals surface area (Å²) in [5.74, 6) is -0.986. The highest BCUT2D eigenvalue weighted by Gasteiger charge is 2.15. The van der Waals surface area contributed by atoms with Crippen LogP contribution in [0.5, 0.6) is 0 Å². The predicted octanol–water partition coefficient (Wildman–Crippen LogP) is 3.51. The van der Waals surface area contributed by atoms with Crippen LogP contribution in [0.15, 0.2) is 39.0 Å². The predicted molar refractivity (Wildman–Crippen MR) is 82.6 cm³/mol. The second-order valence-corrected chi connectivity index (χ2v) is 8.78. The van der Waals surface area contributed by atoms with Crippen LogP contribution in [0.1, 0.15) is 15.2 Å². The number of rotatable bonds is 4. The molecule has 0 aliphatic carbocycles. The average molecular weight is 413 g/mol. The van der Waals surface area contributed by atoms with E-state index in [1.165, 1.54) is 18.2 Å². The number of amides is 1. The Balaban J connectivity index is 2.08. The molecule has 0 aliphatic rings. The molecule has 1 heterocycles. The molecule has 2 rings (SSSR count). The van der Waals surface area contributed by atoms with Gasteiger partial charge < -0.3 is 5.32 Å². The summed E-state index contributed by atoms with van der Waals surface area (Å²) in [7, 11) is 1.45. The van der Waals surface area contributed by atoms with Gasteiger partial charge in [0, 0.05) is 20.0 Å². The van der Waals surface area contributed by atoms with Crippen LogP contribution in [-0.4, -0.2) is 14.3 Å². The van der Waals surface area contributed by atoms with Gasteiger partial charge in [-0.2, -0.15) is 0 Å². The third kappa shape index (κ3) is 4.26. The van der Waals surface area contributed by atoms with Crippen molar-refractivity contribution in [1.82, 2.24) is 5.32 Å². The molecule has 0 atom stereocenters. The van der Waals surface area contributed by atoms with Crippen LogP contribution in [0.3, 0.4) is 0 Å². The number of carbonyl (C=O) groups excluding carboxylic acids is 1. The first-order valence-electron chi connectivity index (χ1n) is 5.54. The van der Waals surface area contributed by atoms with Crippen molar-refractivity contribution in [3.8, 4) is 0 Å². The number of hydrogen-bond acceptors (Lipinski definition) is 4. The van der Waals surface area contributed by atoms with Gasteiger partial charge in [0.05, 0.1) is 12.1 Å². The van der Waals surface area contributed by atoms with Crippen molar-refractivity contribution in [2.24, 2.45) is 0 Å². The molecule has 0 spiro atoms. The van der Waals surface area contributed by atoms with E-state index in [1.807, 2.05) is 0 Å². The first-order valence-corrected chi connectivity index (χ1v) is 9.46. The minimum Gasteiger partial charge on any atom is -0.347 e. The van der Waals surface area contributed by atoms with Gasteiger partial charge in [-0.3, -0.25) is 4.79 Å². The second-order valence-electron chi connectivity index (χ2n) is 3.97. The molecule has 0 bridgehead atoms.